The van der Waals surface area contributed by atoms with Crippen LogP contribution in [0.3, 0.4) is 0 Å². The van der Waals surface area contributed by atoms with E-state index < -0.39 is 5.38 Å². The minimum atomic E-state index is -0.542. The maximum atomic E-state index is 13.2. The van der Waals surface area contributed by atoms with Crippen LogP contribution in [-0.2, 0) is 11.3 Å². The summed E-state index contributed by atoms with van der Waals surface area (Å²) >= 11 is 7.57. The second kappa shape index (κ2) is 7.45. The molecule has 0 spiro atoms. The molecule has 3 heterocycles. The second-order valence-corrected chi connectivity index (χ2v) is 8.55. The summed E-state index contributed by atoms with van der Waals surface area (Å²) in [5, 5.41) is 2.57. The highest BCUT2D eigenvalue weighted by atomic mass is 35.5. The normalized spacial score (nSPS) is 19.0. The number of aromatic nitrogens is 1. The molecule has 2 aromatic rings. The number of amides is 2. The van der Waals surface area contributed by atoms with Gasteiger partial charge in [0.2, 0.25) is 5.91 Å². The summed E-state index contributed by atoms with van der Waals surface area (Å²) in [6.07, 6.45) is 0. The molecule has 2 atom stereocenters. The quantitative estimate of drug-likeness (QED) is 0.588. The first-order chi connectivity index (χ1) is 12.3. The van der Waals surface area contributed by atoms with E-state index in [4.69, 9.17) is 11.6 Å². The molecule has 140 valence electrons. The maximum Gasteiger partial charge on any atom is 0.270 e. The van der Waals surface area contributed by atoms with E-state index in [0.717, 1.165) is 15.8 Å². The van der Waals surface area contributed by atoms with Crippen molar-refractivity contribution in [3.05, 3.63) is 35.4 Å². The number of alkyl halides is 1. The molecule has 0 bridgehead atoms. The Labute approximate surface area is 162 Å². The Hall–Kier alpha value is -1.79. The van der Waals surface area contributed by atoms with E-state index >= 15 is 0 Å². The van der Waals surface area contributed by atoms with Crippen LogP contribution in [0.25, 0.3) is 10.2 Å². The summed E-state index contributed by atoms with van der Waals surface area (Å²) in [5.74, 6) is -0.0649. The monoisotopic (exact) mass is 393 g/mol. The predicted octanol–water partition coefficient (Wildman–Crippen LogP) is 3.58. The standard InChI is InChI=1S/C19H24ClN3O2S/c1-12(2)10-23-16(9-15-5-8-26-19(15)23)18(25)21-6-7-22(13(3)11-21)17(24)14(4)20/h5,8-9,13-14H,1,6-7,10-11H2,2-4H3/t13-,14-/m0/s1. The lowest BCUT2D eigenvalue weighted by atomic mass is 10.1. The van der Waals surface area contributed by atoms with Crippen molar-refractivity contribution in [2.24, 2.45) is 0 Å². The van der Waals surface area contributed by atoms with E-state index in [1.54, 1.807) is 23.2 Å². The number of rotatable bonds is 4. The number of allylic oxidation sites excluding steroid dienone is 1. The lowest BCUT2D eigenvalue weighted by molar-refractivity contribution is -0.134. The van der Waals surface area contributed by atoms with Crippen molar-refractivity contribution in [1.82, 2.24) is 14.4 Å². The van der Waals surface area contributed by atoms with Gasteiger partial charge in [-0.15, -0.1) is 22.9 Å². The van der Waals surface area contributed by atoms with Gasteiger partial charge in [0, 0.05) is 37.6 Å². The van der Waals surface area contributed by atoms with Crippen LogP contribution in [0.5, 0.6) is 0 Å². The lowest BCUT2D eigenvalue weighted by Crippen LogP contribution is -2.56. The maximum absolute atomic E-state index is 13.2. The van der Waals surface area contributed by atoms with Crippen molar-refractivity contribution in [3.63, 3.8) is 0 Å². The summed E-state index contributed by atoms with van der Waals surface area (Å²) in [5.41, 5.74) is 1.69. The van der Waals surface area contributed by atoms with Crippen LogP contribution in [0.2, 0.25) is 0 Å². The molecule has 7 heteroatoms. The van der Waals surface area contributed by atoms with Gasteiger partial charge in [-0.3, -0.25) is 9.59 Å². The van der Waals surface area contributed by atoms with Gasteiger partial charge in [0.25, 0.3) is 5.91 Å². The molecular weight excluding hydrogens is 370 g/mol. The van der Waals surface area contributed by atoms with Gasteiger partial charge in [-0.2, -0.15) is 0 Å². The fourth-order valence-electron chi connectivity index (χ4n) is 3.44. The van der Waals surface area contributed by atoms with Crippen LogP contribution >= 0.6 is 22.9 Å². The predicted molar refractivity (Wildman–Crippen MR) is 107 cm³/mol. The van der Waals surface area contributed by atoms with E-state index in [9.17, 15) is 9.59 Å². The molecule has 5 nitrogen and oxygen atoms in total. The largest absolute Gasteiger partial charge is 0.335 e. The zero-order chi connectivity index (χ0) is 19.0. The molecule has 26 heavy (non-hydrogen) atoms. The number of nitrogens with zero attached hydrogens (tertiary/aromatic N) is 3. The van der Waals surface area contributed by atoms with E-state index in [-0.39, 0.29) is 17.9 Å². The molecule has 0 unspecified atom stereocenters. The van der Waals surface area contributed by atoms with Gasteiger partial charge >= 0.3 is 0 Å². The molecule has 2 amide bonds. The summed E-state index contributed by atoms with van der Waals surface area (Å²) in [6, 6.07) is 3.94. The third-order valence-electron chi connectivity index (χ3n) is 4.69. The number of fused-ring (bicyclic) bond motifs is 1. The van der Waals surface area contributed by atoms with Gasteiger partial charge in [0.15, 0.2) is 0 Å². The van der Waals surface area contributed by atoms with Crippen LogP contribution in [0.15, 0.2) is 29.7 Å². The van der Waals surface area contributed by atoms with Crippen molar-refractivity contribution >= 4 is 45.0 Å². The van der Waals surface area contributed by atoms with Gasteiger partial charge in [-0.05, 0) is 38.3 Å². The first-order valence-electron chi connectivity index (χ1n) is 8.74. The summed E-state index contributed by atoms with van der Waals surface area (Å²) in [6.45, 7) is 11.8. The highest BCUT2D eigenvalue weighted by Crippen LogP contribution is 2.27. The molecule has 0 saturated carbocycles. The van der Waals surface area contributed by atoms with Crippen molar-refractivity contribution in [2.75, 3.05) is 19.6 Å². The highest BCUT2D eigenvalue weighted by Gasteiger charge is 2.32. The summed E-state index contributed by atoms with van der Waals surface area (Å²) < 4.78 is 2.05. The minimum Gasteiger partial charge on any atom is -0.335 e. The fourth-order valence-corrected chi connectivity index (χ4v) is 4.46. The van der Waals surface area contributed by atoms with Crippen molar-refractivity contribution < 1.29 is 9.59 Å². The molecule has 1 aliphatic heterocycles. The average Bonchev–Trinajstić information content (AvgIpc) is 3.15. The summed E-state index contributed by atoms with van der Waals surface area (Å²) in [4.78, 5) is 30.1. The lowest BCUT2D eigenvalue weighted by Gasteiger charge is -2.40. The van der Waals surface area contributed by atoms with Crippen LogP contribution in [0, 0.1) is 0 Å². The van der Waals surface area contributed by atoms with Crippen molar-refractivity contribution in [2.45, 2.75) is 38.7 Å². The zero-order valence-electron chi connectivity index (χ0n) is 15.4. The number of hydrogen-bond acceptors (Lipinski definition) is 3. The third kappa shape index (κ3) is 3.53. The number of halogens is 1. The topological polar surface area (TPSA) is 45.6 Å². The molecular formula is C19H24ClN3O2S. The number of thiophene rings is 1. The fraction of sp³-hybridized carbons (Fsp3) is 0.474. The van der Waals surface area contributed by atoms with Crippen LogP contribution in [0.1, 0.15) is 31.3 Å². The number of hydrogen-bond donors (Lipinski definition) is 0. The van der Waals surface area contributed by atoms with Gasteiger partial charge in [-0.1, -0.05) is 12.2 Å². The highest BCUT2D eigenvalue weighted by molar-refractivity contribution is 7.16. The number of carbonyl (C=O) groups is 2. The Morgan fingerprint density at radius 1 is 1.42 bits per heavy atom. The molecule has 1 fully saturated rings. The Balaban J connectivity index is 1.82. The van der Waals surface area contributed by atoms with Crippen LogP contribution < -0.4 is 0 Å². The SMILES string of the molecule is C=C(C)Cn1c(C(=O)N2CCN(C(=O)[C@H](C)Cl)[C@@H](C)C2)cc2ccsc21. The van der Waals surface area contributed by atoms with E-state index in [0.29, 0.717) is 31.9 Å². The Morgan fingerprint density at radius 2 is 2.15 bits per heavy atom. The summed E-state index contributed by atoms with van der Waals surface area (Å²) in [7, 11) is 0. The van der Waals surface area contributed by atoms with Gasteiger partial charge in [0.05, 0.1) is 0 Å². The van der Waals surface area contributed by atoms with Crippen molar-refractivity contribution in [3.8, 4) is 0 Å². The molecule has 1 saturated heterocycles. The zero-order valence-corrected chi connectivity index (χ0v) is 16.9. The number of carbonyl (C=O) groups excluding carboxylic acids is 2. The van der Waals surface area contributed by atoms with E-state index in [1.807, 2.05) is 40.8 Å². The molecule has 0 radical (unpaired) electrons. The Bertz CT molecular complexity index is 854. The molecule has 0 aliphatic carbocycles. The van der Waals surface area contributed by atoms with Crippen LogP contribution in [-0.4, -0.2) is 57.2 Å². The Morgan fingerprint density at radius 3 is 2.77 bits per heavy atom. The van der Waals surface area contributed by atoms with Gasteiger partial charge in [0.1, 0.15) is 15.9 Å². The average molecular weight is 394 g/mol. The molecule has 2 aromatic heterocycles. The van der Waals surface area contributed by atoms with Gasteiger partial charge in [-0.25, -0.2) is 0 Å². The minimum absolute atomic E-state index is 0.00696. The van der Waals surface area contributed by atoms with Gasteiger partial charge < -0.3 is 14.4 Å². The first-order valence-corrected chi connectivity index (χ1v) is 10.1. The Kier molecular flexibility index (Phi) is 5.44. The van der Waals surface area contributed by atoms with Crippen molar-refractivity contribution in [1.29, 1.82) is 0 Å². The molecule has 1 aliphatic rings. The number of piperazine rings is 1. The van der Waals surface area contributed by atoms with Crippen LogP contribution in [0.4, 0.5) is 0 Å². The third-order valence-corrected chi connectivity index (χ3v) is 5.83. The molecule has 0 N–H and O–H groups in total. The van der Waals surface area contributed by atoms with E-state index in [2.05, 4.69) is 6.58 Å². The molecule has 0 aromatic carbocycles. The second-order valence-electron chi connectivity index (χ2n) is 7.00. The van der Waals surface area contributed by atoms with E-state index in [1.165, 1.54) is 0 Å². The first kappa shape index (κ1) is 19.0. The smallest absolute Gasteiger partial charge is 0.270 e. The molecule has 3 rings (SSSR count).